The maximum atomic E-state index is 12.8. The SMILES string of the molecule is CC(C)CCC[C@@H](C)[C@@H]1CC[C@@H]2[C@H]3CC=C4C[C@@H](OC(=O)c5ccc(N([O-])O)cc5)CC[C@]4(C)[C@H]3CC[C@@]21C. The highest BCUT2D eigenvalue weighted by atomic mass is 16.8. The molecule has 39 heavy (non-hydrogen) atoms. The number of hydrogen-bond donors (Lipinski definition) is 1. The first kappa shape index (κ1) is 28.7. The van der Waals surface area contributed by atoms with Crippen molar-refractivity contribution in [3.8, 4) is 0 Å². The van der Waals surface area contributed by atoms with Gasteiger partial charge in [-0.1, -0.05) is 65.5 Å². The average molecular weight is 537 g/mol. The van der Waals surface area contributed by atoms with Gasteiger partial charge in [0, 0.05) is 6.42 Å². The molecular weight excluding hydrogens is 486 g/mol. The van der Waals surface area contributed by atoms with Crippen LogP contribution in [0.1, 0.15) is 116 Å². The van der Waals surface area contributed by atoms with Crippen molar-refractivity contribution in [2.45, 2.75) is 111 Å². The lowest BCUT2D eigenvalue weighted by molar-refractivity contribution is -0.0594. The van der Waals surface area contributed by atoms with E-state index in [0.29, 0.717) is 11.0 Å². The molecule has 0 spiro atoms. The van der Waals surface area contributed by atoms with Crippen molar-refractivity contribution in [3.05, 3.63) is 46.7 Å². The van der Waals surface area contributed by atoms with Crippen LogP contribution in [0, 0.1) is 51.5 Å². The quantitative estimate of drug-likeness (QED) is 0.204. The van der Waals surface area contributed by atoms with Crippen LogP contribution < -0.4 is 5.23 Å². The first-order chi connectivity index (χ1) is 18.5. The van der Waals surface area contributed by atoms with E-state index in [0.717, 1.165) is 54.8 Å². The molecule has 1 aromatic carbocycles. The number of allylic oxidation sites excluding steroid dienone is 1. The minimum Gasteiger partial charge on any atom is -0.733 e. The fourth-order valence-corrected chi connectivity index (χ4v) is 9.70. The van der Waals surface area contributed by atoms with E-state index in [1.54, 1.807) is 0 Å². The van der Waals surface area contributed by atoms with Gasteiger partial charge in [0.2, 0.25) is 0 Å². The molecule has 3 saturated carbocycles. The Morgan fingerprint density at radius 3 is 2.49 bits per heavy atom. The second-order valence-corrected chi connectivity index (χ2v) is 14.4. The minimum absolute atomic E-state index is 0.0969. The lowest BCUT2D eigenvalue weighted by atomic mass is 9.47. The van der Waals surface area contributed by atoms with E-state index < -0.39 is 0 Å². The Balaban J connectivity index is 1.23. The van der Waals surface area contributed by atoms with E-state index in [4.69, 9.17) is 9.94 Å². The van der Waals surface area contributed by atoms with Crippen LogP contribution in [0.5, 0.6) is 0 Å². The molecule has 0 unspecified atom stereocenters. The summed E-state index contributed by atoms with van der Waals surface area (Å²) >= 11 is 0. The molecule has 5 nitrogen and oxygen atoms in total. The molecule has 1 N–H and O–H groups in total. The molecule has 0 aliphatic heterocycles. The summed E-state index contributed by atoms with van der Waals surface area (Å²) in [4.78, 5) is 12.8. The molecule has 0 amide bonds. The number of esters is 1. The van der Waals surface area contributed by atoms with Crippen LogP contribution in [0.25, 0.3) is 0 Å². The summed E-state index contributed by atoms with van der Waals surface area (Å²) in [6.07, 6.45) is 16.2. The van der Waals surface area contributed by atoms with Crippen molar-refractivity contribution in [1.29, 1.82) is 0 Å². The first-order valence-electron chi connectivity index (χ1n) is 15.7. The molecule has 0 radical (unpaired) electrons. The van der Waals surface area contributed by atoms with Crippen LogP contribution in [0.3, 0.4) is 0 Å². The van der Waals surface area contributed by atoms with Crippen LogP contribution in [0.2, 0.25) is 0 Å². The molecule has 3 fully saturated rings. The smallest absolute Gasteiger partial charge is 0.338 e. The predicted octanol–water partition coefficient (Wildman–Crippen LogP) is 8.95. The van der Waals surface area contributed by atoms with E-state index in [1.165, 1.54) is 81.2 Å². The molecule has 5 rings (SSSR count). The fraction of sp³-hybridized carbons (Fsp3) is 0.735. The van der Waals surface area contributed by atoms with E-state index in [2.05, 4.69) is 40.7 Å². The van der Waals surface area contributed by atoms with Gasteiger partial charge >= 0.3 is 5.97 Å². The van der Waals surface area contributed by atoms with Crippen molar-refractivity contribution in [1.82, 2.24) is 0 Å². The summed E-state index contributed by atoms with van der Waals surface area (Å²) < 4.78 is 5.95. The number of ether oxygens (including phenoxy) is 1. The number of rotatable bonds is 8. The largest absolute Gasteiger partial charge is 0.733 e. The van der Waals surface area contributed by atoms with Gasteiger partial charge in [-0.2, -0.15) is 0 Å². The second-order valence-electron chi connectivity index (χ2n) is 14.4. The maximum Gasteiger partial charge on any atom is 0.338 e. The van der Waals surface area contributed by atoms with Crippen LogP contribution in [-0.4, -0.2) is 17.3 Å². The van der Waals surface area contributed by atoms with E-state index in [-0.39, 0.29) is 28.4 Å². The van der Waals surface area contributed by atoms with Crippen LogP contribution in [0.4, 0.5) is 5.69 Å². The zero-order valence-corrected chi connectivity index (χ0v) is 24.8. The third-order valence-electron chi connectivity index (χ3n) is 11.9. The van der Waals surface area contributed by atoms with Crippen molar-refractivity contribution >= 4 is 11.7 Å². The van der Waals surface area contributed by atoms with Gasteiger partial charge in [-0.25, -0.2) is 4.79 Å². The highest BCUT2D eigenvalue weighted by Gasteiger charge is 2.59. The maximum absolute atomic E-state index is 12.8. The Labute approximate surface area is 235 Å². The van der Waals surface area contributed by atoms with E-state index in [1.807, 2.05) is 0 Å². The molecule has 0 heterocycles. The molecule has 8 atom stereocenters. The summed E-state index contributed by atoms with van der Waals surface area (Å²) in [6, 6.07) is 5.94. The molecular formula is C34H50NO4-. The minimum atomic E-state index is -0.354. The normalized spacial score (nSPS) is 36.4. The van der Waals surface area contributed by atoms with Crippen molar-refractivity contribution in [2.24, 2.45) is 46.3 Å². The highest BCUT2D eigenvalue weighted by Crippen LogP contribution is 2.67. The topological polar surface area (TPSA) is 72.8 Å². The summed E-state index contributed by atoms with van der Waals surface area (Å²) in [5.41, 5.74) is 2.76. The second kappa shape index (κ2) is 11.2. The Hall–Kier alpha value is -1.85. The van der Waals surface area contributed by atoms with E-state index >= 15 is 0 Å². The number of nitrogens with zero attached hydrogens (tertiary/aromatic N) is 1. The number of carbonyl (C=O) groups is 1. The van der Waals surface area contributed by atoms with Crippen LogP contribution in [0.15, 0.2) is 35.9 Å². The van der Waals surface area contributed by atoms with Crippen molar-refractivity contribution < 1.29 is 14.7 Å². The lowest BCUT2D eigenvalue weighted by Crippen LogP contribution is -2.51. The zero-order valence-electron chi connectivity index (χ0n) is 24.8. The van der Waals surface area contributed by atoms with Gasteiger partial charge in [0.25, 0.3) is 0 Å². The first-order valence-corrected chi connectivity index (χ1v) is 15.7. The number of benzene rings is 1. The average Bonchev–Trinajstić information content (AvgIpc) is 3.26. The van der Waals surface area contributed by atoms with Crippen molar-refractivity contribution in [3.63, 3.8) is 0 Å². The summed E-state index contributed by atoms with van der Waals surface area (Å²) in [5, 5.41) is 19.9. The third kappa shape index (κ3) is 5.43. The lowest BCUT2D eigenvalue weighted by Gasteiger charge is -2.58. The van der Waals surface area contributed by atoms with Gasteiger partial charge in [0.05, 0.1) is 11.3 Å². The molecule has 0 saturated heterocycles. The van der Waals surface area contributed by atoms with Gasteiger partial charge in [-0.3, -0.25) is 5.21 Å². The van der Waals surface area contributed by atoms with E-state index in [9.17, 15) is 10.0 Å². The molecule has 4 aliphatic rings. The standard InChI is InChI=1S/C34H50NO4/c1-22(2)7-6-8-23(3)29-15-16-30-28-14-11-25-21-27(17-19-33(25,4)31(28)18-20-34(29,30)5)39-32(36)24-9-12-26(13-10-24)35(37)38/h9-13,22-23,27-31,37H,6-8,14-21H2,1-5H3/q-1/t23-,27+,28-,29+,30-,31+,33+,34-/m1/s1. The Bertz CT molecular complexity index is 1050. The van der Waals surface area contributed by atoms with Crippen LogP contribution in [-0.2, 0) is 4.74 Å². The molecule has 0 bridgehead atoms. The molecule has 4 aliphatic carbocycles. The van der Waals surface area contributed by atoms with Crippen molar-refractivity contribution in [2.75, 3.05) is 5.23 Å². The number of carbonyl (C=O) groups excluding carboxylic acids is 1. The number of anilines is 1. The predicted molar refractivity (Wildman–Crippen MR) is 156 cm³/mol. The Morgan fingerprint density at radius 1 is 1.05 bits per heavy atom. The van der Waals surface area contributed by atoms with Crippen LogP contribution >= 0.6 is 0 Å². The van der Waals surface area contributed by atoms with Gasteiger partial charge < -0.3 is 15.2 Å². The molecule has 5 heteroatoms. The van der Waals surface area contributed by atoms with Gasteiger partial charge in [-0.15, -0.1) is 0 Å². The van der Waals surface area contributed by atoms with Gasteiger partial charge in [-0.05, 0) is 116 Å². The summed E-state index contributed by atoms with van der Waals surface area (Å²) in [7, 11) is 0. The Kier molecular flexibility index (Phi) is 8.23. The van der Waals surface area contributed by atoms with Gasteiger partial charge in [0.1, 0.15) is 6.10 Å². The monoisotopic (exact) mass is 536 g/mol. The molecule has 0 aromatic heterocycles. The molecule has 1 aromatic rings. The summed E-state index contributed by atoms with van der Waals surface area (Å²) in [6.45, 7) is 12.4. The number of fused-ring (bicyclic) bond motifs is 5. The number of hydrogen-bond acceptors (Lipinski definition) is 5. The highest BCUT2D eigenvalue weighted by molar-refractivity contribution is 5.90. The zero-order chi connectivity index (χ0) is 27.9. The summed E-state index contributed by atoms with van der Waals surface area (Å²) in [5.74, 6) is 4.58. The van der Waals surface area contributed by atoms with Gasteiger partial charge in [0.15, 0.2) is 0 Å². The Morgan fingerprint density at radius 2 is 1.79 bits per heavy atom. The molecule has 216 valence electrons. The fourth-order valence-electron chi connectivity index (χ4n) is 9.70. The third-order valence-corrected chi connectivity index (χ3v) is 11.9.